The normalized spacial score (nSPS) is 12.9. The third-order valence-electron chi connectivity index (χ3n) is 2.42. The fourth-order valence-corrected chi connectivity index (χ4v) is 2.91. The van der Waals surface area contributed by atoms with E-state index in [0.717, 1.165) is 10.6 Å². The van der Waals surface area contributed by atoms with Gasteiger partial charge < -0.3 is 5.32 Å². The van der Waals surface area contributed by atoms with Crippen molar-refractivity contribution in [2.24, 2.45) is 0 Å². The standard InChI is InChI=1S/C11H15ClN2O3S/c1-8(11(15)13-2)14(18(3,16)17)10-6-4-9(12)5-7-10/h4-8H,1-3H3,(H,13,15)/t8-/m1/s1. The lowest BCUT2D eigenvalue weighted by Gasteiger charge is -2.27. The number of anilines is 1. The van der Waals surface area contributed by atoms with Crippen molar-refractivity contribution in [3.05, 3.63) is 29.3 Å². The van der Waals surface area contributed by atoms with Crippen molar-refractivity contribution in [3.63, 3.8) is 0 Å². The molecule has 0 heterocycles. The summed E-state index contributed by atoms with van der Waals surface area (Å²) in [5.74, 6) is -0.379. The van der Waals surface area contributed by atoms with E-state index in [-0.39, 0.29) is 5.91 Å². The summed E-state index contributed by atoms with van der Waals surface area (Å²) in [4.78, 5) is 11.6. The van der Waals surface area contributed by atoms with Crippen molar-refractivity contribution in [2.45, 2.75) is 13.0 Å². The quantitative estimate of drug-likeness (QED) is 0.907. The van der Waals surface area contributed by atoms with E-state index >= 15 is 0 Å². The maximum Gasteiger partial charge on any atom is 0.243 e. The number of sulfonamides is 1. The van der Waals surface area contributed by atoms with Crippen LogP contribution in [-0.2, 0) is 14.8 Å². The average Bonchev–Trinajstić information content (AvgIpc) is 2.29. The second-order valence-electron chi connectivity index (χ2n) is 3.83. The number of hydrogen-bond donors (Lipinski definition) is 1. The van der Waals surface area contributed by atoms with Crippen LogP contribution in [0.2, 0.25) is 5.02 Å². The van der Waals surface area contributed by atoms with Crippen LogP contribution in [-0.4, -0.2) is 33.7 Å². The van der Waals surface area contributed by atoms with Gasteiger partial charge in [0, 0.05) is 12.1 Å². The predicted molar refractivity (Wildman–Crippen MR) is 72.3 cm³/mol. The summed E-state index contributed by atoms with van der Waals surface area (Å²) in [5, 5.41) is 2.93. The molecule has 0 fully saturated rings. The summed E-state index contributed by atoms with van der Waals surface area (Å²) >= 11 is 5.75. The molecule has 1 atom stereocenters. The summed E-state index contributed by atoms with van der Waals surface area (Å²) in [6, 6.07) is 5.44. The fraction of sp³-hybridized carbons (Fsp3) is 0.364. The van der Waals surface area contributed by atoms with E-state index in [1.165, 1.54) is 14.0 Å². The zero-order chi connectivity index (χ0) is 13.9. The first kappa shape index (κ1) is 14.8. The van der Waals surface area contributed by atoms with Crippen LogP contribution >= 0.6 is 11.6 Å². The number of likely N-dealkylation sites (N-methyl/N-ethyl adjacent to an activating group) is 1. The Hall–Kier alpha value is -1.27. The third-order valence-corrected chi connectivity index (χ3v) is 3.91. The Balaban J connectivity index is 3.23. The number of carbonyl (C=O) groups is 1. The molecular weight excluding hydrogens is 276 g/mol. The van der Waals surface area contributed by atoms with Gasteiger partial charge in [0.2, 0.25) is 15.9 Å². The maximum absolute atomic E-state index is 11.8. The highest BCUT2D eigenvalue weighted by Gasteiger charge is 2.28. The number of hydrogen-bond acceptors (Lipinski definition) is 3. The molecule has 0 aromatic heterocycles. The molecule has 0 bridgehead atoms. The molecular formula is C11H15ClN2O3S. The molecule has 0 saturated heterocycles. The first-order valence-corrected chi connectivity index (χ1v) is 7.46. The zero-order valence-electron chi connectivity index (χ0n) is 10.3. The van der Waals surface area contributed by atoms with E-state index in [0.29, 0.717) is 10.7 Å². The van der Waals surface area contributed by atoms with Gasteiger partial charge in [0.1, 0.15) is 6.04 Å². The van der Waals surface area contributed by atoms with Gasteiger partial charge in [-0.3, -0.25) is 9.10 Å². The van der Waals surface area contributed by atoms with E-state index in [9.17, 15) is 13.2 Å². The summed E-state index contributed by atoms with van der Waals surface area (Å²) in [7, 11) is -2.10. The summed E-state index contributed by atoms with van der Waals surface area (Å²) in [6.45, 7) is 1.52. The maximum atomic E-state index is 11.8. The number of nitrogens with one attached hydrogen (secondary N) is 1. The van der Waals surface area contributed by atoms with Gasteiger partial charge in [0.25, 0.3) is 0 Å². The Bertz CT molecular complexity index is 528. The van der Waals surface area contributed by atoms with Gasteiger partial charge in [0.15, 0.2) is 0 Å². The first-order chi connectivity index (χ1) is 8.27. The number of nitrogens with zero attached hydrogens (tertiary/aromatic N) is 1. The Morgan fingerprint density at radius 2 is 1.83 bits per heavy atom. The summed E-state index contributed by atoms with van der Waals surface area (Å²) in [5.41, 5.74) is 0.401. The van der Waals surface area contributed by atoms with Crippen LogP contribution in [0.1, 0.15) is 6.92 Å². The molecule has 0 aliphatic heterocycles. The van der Waals surface area contributed by atoms with E-state index in [2.05, 4.69) is 5.32 Å². The second-order valence-corrected chi connectivity index (χ2v) is 6.12. The van der Waals surface area contributed by atoms with Crippen LogP contribution in [0.15, 0.2) is 24.3 Å². The van der Waals surface area contributed by atoms with Gasteiger partial charge in [-0.25, -0.2) is 8.42 Å². The predicted octanol–water partition coefficient (Wildman–Crippen LogP) is 1.24. The van der Waals surface area contributed by atoms with Crippen molar-refractivity contribution >= 4 is 33.2 Å². The van der Waals surface area contributed by atoms with Crippen molar-refractivity contribution in [1.82, 2.24) is 5.32 Å². The molecule has 1 amide bonds. The second kappa shape index (κ2) is 5.58. The Morgan fingerprint density at radius 3 is 2.22 bits per heavy atom. The SMILES string of the molecule is CNC(=O)[C@@H](C)N(c1ccc(Cl)cc1)S(C)(=O)=O. The lowest BCUT2D eigenvalue weighted by atomic mass is 10.2. The minimum Gasteiger partial charge on any atom is -0.357 e. The topological polar surface area (TPSA) is 66.5 Å². The van der Waals surface area contributed by atoms with Gasteiger partial charge in [0.05, 0.1) is 11.9 Å². The molecule has 100 valence electrons. The van der Waals surface area contributed by atoms with Gasteiger partial charge in [-0.2, -0.15) is 0 Å². The number of amides is 1. The Morgan fingerprint density at radius 1 is 1.33 bits per heavy atom. The molecule has 0 saturated carbocycles. The molecule has 0 spiro atoms. The van der Waals surface area contributed by atoms with Gasteiger partial charge in [-0.15, -0.1) is 0 Å². The monoisotopic (exact) mass is 290 g/mol. The number of rotatable bonds is 4. The number of halogens is 1. The molecule has 5 nitrogen and oxygen atoms in total. The highest BCUT2D eigenvalue weighted by molar-refractivity contribution is 7.92. The number of benzene rings is 1. The van der Waals surface area contributed by atoms with Crippen LogP contribution in [0.3, 0.4) is 0 Å². The summed E-state index contributed by atoms with van der Waals surface area (Å²) in [6.07, 6.45) is 1.06. The third kappa shape index (κ3) is 3.36. The van der Waals surface area contributed by atoms with Crippen LogP contribution < -0.4 is 9.62 Å². The van der Waals surface area contributed by atoms with Gasteiger partial charge in [-0.05, 0) is 31.2 Å². The van der Waals surface area contributed by atoms with Crippen LogP contribution in [0.5, 0.6) is 0 Å². The van der Waals surface area contributed by atoms with Crippen LogP contribution in [0.25, 0.3) is 0 Å². The molecule has 0 unspecified atom stereocenters. The van der Waals surface area contributed by atoms with Crippen molar-refractivity contribution < 1.29 is 13.2 Å². The summed E-state index contributed by atoms with van der Waals surface area (Å²) < 4.78 is 24.6. The van der Waals surface area contributed by atoms with Crippen molar-refractivity contribution in [3.8, 4) is 0 Å². The molecule has 0 aliphatic carbocycles. The molecule has 0 radical (unpaired) electrons. The Kier molecular flexibility index (Phi) is 4.59. The van der Waals surface area contributed by atoms with E-state index < -0.39 is 16.1 Å². The number of carbonyl (C=O) groups excluding carboxylic acids is 1. The Labute approximate surface area is 112 Å². The average molecular weight is 291 g/mol. The molecule has 0 aliphatic rings. The minimum atomic E-state index is -3.56. The highest BCUT2D eigenvalue weighted by atomic mass is 35.5. The van der Waals surface area contributed by atoms with Crippen molar-refractivity contribution in [2.75, 3.05) is 17.6 Å². The van der Waals surface area contributed by atoms with Crippen molar-refractivity contribution in [1.29, 1.82) is 0 Å². The van der Waals surface area contributed by atoms with E-state index in [1.54, 1.807) is 24.3 Å². The fourth-order valence-electron chi connectivity index (χ4n) is 1.61. The minimum absolute atomic E-state index is 0.379. The van der Waals surface area contributed by atoms with Gasteiger partial charge in [-0.1, -0.05) is 11.6 Å². The molecule has 1 rings (SSSR count). The lowest BCUT2D eigenvalue weighted by molar-refractivity contribution is -0.121. The first-order valence-electron chi connectivity index (χ1n) is 5.24. The van der Waals surface area contributed by atoms with Crippen LogP contribution in [0, 0.1) is 0 Å². The van der Waals surface area contributed by atoms with E-state index in [4.69, 9.17) is 11.6 Å². The smallest absolute Gasteiger partial charge is 0.243 e. The zero-order valence-corrected chi connectivity index (χ0v) is 11.9. The molecule has 1 aromatic rings. The lowest BCUT2D eigenvalue weighted by Crippen LogP contribution is -2.46. The molecule has 18 heavy (non-hydrogen) atoms. The highest BCUT2D eigenvalue weighted by Crippen LogP contribution is 2.22. The molecule has 7 heteroatoms. The largest absolute Gasteiger partial charge is 0.357 e. The van der Waals surface area contributed by atoms with Crippen LogP contribution in [0.4, 0.5) is 5.69 Å². The van der Waals surface area contributed by atoms with Gasteiger partial charge >= 0.3 is 0 Å². The molecule has 1 N–H and O–H groups in total. The van der Waals surface area contributed by atoms with E-state index in [1.807, 2.05) is 0 Å². The molecule has 1 aromatic carbocycles.